The highest BCUT2D eigenvalue weighted by Crippen LogP contribution is 2.39. The number of sulfonamides is 1. The molecule has 0 atom stereocenters. The monoisotopic (exact) mass is 383 g/mol. The minimum Gasteiger partial charge on any atom is -0.497 e. The Morgan fingerprint density at radius 1 is 0.926 bits per heavy atom. The lowest BCUT2D eigenvalue weighted by Crippen LogP contribution is -2.13. The van der Waals surface area contributed by atoms with E-state index in [0.717, 1.165) is 22.3 Å². The molecule has 1 aromatic carbocycles. The Morgan fingerprint density at radius 3 is 2.19 bits per heavy atom. The van der Waals surface area contributed by atoms with Crippen molar-refractivity contribution in [1.82, 2.24) is 0 Å². The van der Waals surface area contributed by atoms with Gasteiger partial charge in [0, 0.05) is 11.3 Å². The number of fused-ring (bicyclic) bond motifs is 1. The predicted octanol–water partition coefficient (Wildman–Crippen LogP) is 5.34. The van der Waals surface area contributed by atoms with E-state index < -0.39 is 10.0 Å². The molecule has 0 aromatic heterocycles. The normalized spacial score (nSPS) is 11.8. The van der Waals surface area contributed by atoms with Crippen LogP contribution >= 0.6 is 0 Å². The van der Waals surface area contributed by atoms with Crippen molar-refractivity contribution in [3.05, 3.63) is 65.2 Å². The van der Waals surface area contributed by atoms with Crippen molar-refractivity contribution in [2.75, 3.05) is 11.8 Å². The third-order valence-corrected chi connectivity index (χ3v) is 6.22. The molecule has 5 heteroatoms. The van der Waals surface area contributed by atoms with E-state index in [9.17, 15) is 8.42 Å². The van der Waals surface area contributed by atoms with Gasteiger partial charge < -0.3 is 4.74 Å². The van der Waals surface area contributed by atoms with Gasteiger partial charge >= 0.3 is 0 Å². The van der Waals surface area contributed by atoms with Crippen molar-refractivity contribution in [3.63, 3.8) is 0 Å². The van der Waals surface area contributed by atoms with Crippen molar-refractivity contribution >= 4 is 15.7 Å². The molecule has 0 fully saturated rings. The van der Waals surface area contributed by atoms with Crippen LogP contribution in [0.2, 0.25) is 0 Å². The van der Waals surface area contributed by atoms with E-state index in [-0.39, 0.29) is 0 Å². The van der Waals surface area contributed by atoms with Crippen LogP contribution in [0.3, 0.4) is 0 Å². The molecule has 1 aromatic rings. The number of rotatable bonds is 5. The van der Waals surface area contributed by atoms with Gasteiger partial charge in [0.1, 0.15) is 5.75 Å². The molecule has 4 nitrogen and oxygen atoms in total. The predicted molar refractivity (Wildman–Crippen MR) is 110 cm³/mol. The Labute approximate surface area is 161 Å². The largest absolute Gasteiger partial charge is 0.497 e. The lowest BCUT2D eigenvalue weighted by molar-refractivity contribution is 0.415. The lowest BCUT2D eigenvalue weighted by atomic mass is 10.0. The summed E-state index contributed by atoms with van der Waals surface area (Å²) in [5, 5.41) is 0. The van der Waals surface area contributed by atoms with Crippen molar-refractivity contribution in [3.8, 4) is 16.9 Å². The Hall–Kier alpha value is -2.53. The van der Waals surface area contributed by atoms with Gasteiger partial charge in [0.15, 0.2) is 0 Å². The summed E-state index contributed by atoms with van der Waals surface area (Å²) in [6, 6.07) is 14.8. The first-order chi connectivity index (χ1) is 12.7. The van der Waals surface area contributed by atoms with Gasteiger partial charge in [-0.25, -0.2) is 8.42 Å². The molecule has 0 spiro atoms. The number of benzene rings is 1. The van der Waals surface area contributed by atoms with Crippen molar-refractivity contribution in [2.45, 2.75) is 38.5 Å². The molecule has 0 bridgehead atoms. The summed E-state index contributed by atoms with van der Waals surface area (Å²) >= 11 is 0. The van der Waals surface area contributed by atoms with Crippen LogP contribution in [0.5, 0.6) is 5.75 Å². The number of nitrogens with one attached hydrogen (secondary N) is 1. The Balaban J connectivity index is 2.08. The summed E-state index contributed by atoms with van der Waals surface area (Å²) < 4.78 is 34.0. The van der Waals surface area contributed by atoms with E-state index >= 15 is 0 Å². The van der Waals surface area contributed by atoms with Gasteiger partial charge in [0.25, 0.3) is 10.0 Å². The first-order valence-corrected chi connectivity index (χ1v) is 10.4. The second-order valence-electron chi connectivity index (χ2n) is 7.13. The maximum Gasteiger partial charge on any atom is 0.262 e. The second kappa shape index (κ2) is 7.24. The summed E-state index contributed by atoms with van der Waals surface area (Å²) in [6.45, 7) is 8.19. The molecular formula is C22H25NO3S. The molecule has 2 aliphatic rings. The molecule has 27 heavy (non-hydrogen) atoms. The van der Waals surface area contributed by atoms with Crippen molar-refractivity contribution < 1.29 is 13.2 Å². The molecule has 2 aliphatic carbocycles. The van der Waals surface area contributed by atoms with Crippen LogP contribution in [-0.2, 0) is 10.0 Å². The molecule has 1 N–H and O–H groups in total. The molecular weight excluding hydrogens is 358 g/mol. The van der Waals surface area contributed by atoms with Crippen LogP contribution in [0.25, 0.3) is 11.1 Å². The van der Waals surface area contributed by atoms with Crippen LogP contribution in [0.1, 0.15) is 36.5 Å². The van der Waals surface area contributed by atoms with Gasteiger partial charge in [-0.1, -0.05) is 32.0 Å². The minimum atomic E-state index is -3.72. The first-order valence-electron chi connectivity index (χ1n) is 8.93. The SMILES string of the molecule is COc1ccc(NS(=O)(=O)c2cc(C)c3cc(C(C)C)ccc(C)c2-3)cc1. The number of methoxy groups -OCH3 is 1. The molecule has 0 amide bonds. The third kappa shape index (κ3) is 3.78. The topological polar surface area (TPSA) is 55.4 Å². The zero-order valence-electron chi connectivity index (χ0n) is 16.3. The molecule has 3 rings (SSSR count). The highest BCUT2D eigenvalue weighted by molar-refractivity contribution is 7.92. The lowest BCUT2D eigenvalue weighted by Gasteiger charge is -2.10. The van der Waals surface area contributed by atoms with Gasteiger partial charge in [-0.05, 0) is 72.4 Å². The third-order valence-electron chi connectivity index (χ3n) is 4.82. The maximum absolute atomic E-state index is 13.1. The molecule has 0 saturated heterocycles. The van der Waals surface area contributed by atoms with Gasteiger partial charge in [-0.2, -0.15) is 0 Å². The maximum atomic E-state index is 13.1. The van der Waals surface area contributed by atoms with E-state index in [1.54, 1.807) is 37.4 Å². The fourth-order valence-electron chi connectivity index (χ4n) is 3.23. The summed E-state index contributed by atoms with van der Waals surface area (Å²) in [6.07, 6.45) is 0. The molecule has 0 radical (unpaired) electrons. The molecule has 0 heterocycles. The molecule has 142 valence electrons. The zero-order valence-corrected chi connectivity index (χ0v) is 17.1. The number of hydrogen-bond donors (Lipinski definition) is 1. The highest BCUT2D eigenvalue weighted by Gasteiger charge is 2.25. The van der Waals surface area contributed by atoms with E-state index in [1.807, 2.05) is 19.9 Å². The van der Waals surface area contributed by atoms with Crippen LogP contribution < -0.4 is 9.46 Å². The van der Waals surface area contributed by atoms with Gasteiger partial charge in [0.05, 0.1) is 12.0 Å². The number of aryl methyl sites for hydroxylation is 2. The van der Waals surface area contributed by atoms with Crippen molar-refractivity contribution in [1.29, 1.82) is 0 Å². The average molecular weight is 384 g/mol. The fourth-order valence-corrected chi connectivity index (χ4v) is 4.66. The molecule has 0 saturated carbocycles. The first kappa shape index (κ1) is 19.2. The average Bonchev–Trinajstić information content (AvgIpc) is 2.85. The Morgan fingerprint density at radius 2 is 1.59 bits per heavy atom. The van der Waals surface area contributed by atoms with Gasteiger partial charge in [0.2, 0.25) is 0 Å². The molecule has 0 unspecified atom stereocenters. The van der Waals surface area contributed by atoms with Crippen LogP contribution in [-0.4, -0.2) is 15.5 Å². The Bertz CT molecular complexity index is 1040. The molecule has 0 aliphatic heterocycles. The van der Waals surface area contributed by atoms with Crippen molar-refractivity contribution in [2.24, 2.45) is 0 Å². The van der Waals surface area contributed by atoms with E-state index in [0.29, 0.717) is 22.3 Å². The van der Waals surface area contributed by atoms with E-state index in [2.05, 4.69) is 30.7 Å². The van der Waals surface area contributed by atoms with E-state index in [1.165, 1.54) is 5.56 Å². The highest BCUT2D eigenvalue weighted by atomic mass is 32.2. The summed E-state index contributed by atoms with van der Waals surface area (Å²) in [7, 11) is -2.14. The van der Waals surface area contributed by atoms with Crippen LogP contribution in [0, 0.1) is 13.8 Å². The number of anilines is 1. The Kier molecular flexibility index (Phi) is 5.16. The summed E-state index contributed by atoms with van der Waals surface area (Å²) in [5.41, 5.74) is 5.36. The zero-order chi connectivity index (χ0) is 19.8. The minimum absolute atomic E-state index is 0.314. The van der Waals surface area contributed by atoms with Gasteiger partial charge in [-0.15, -0.1) is 0 Å². The van der Waals surface area contributed by atoms with Crippen LogP contribution in [0.15, 0.2) is 53.4 Å². The number of hydrogen-bond acceptors (Lipinski definition) is 3. The standard InChI is InChI=1S/C22H25NO3S/c1-14(2)17-7-6-15(3)22-20(13-17)16(4)12-21(22)27(24,25)23-18-8-10-19(26-5)11-9-18/h6-14,23H,1-5H3. The second-order valence-corrected chi connectivity index (χ2v) is 8.78. The summed E-state index contributed by atoms with van der Waals surface area (Å²) in [5.74, 6) is 1.04. The van der Waals surface area contributed by atoms with Gasteiger partial charge in [-0.3, -0.25) is 4.72 Å². The fraction of sp³-hybridized carbons (Fsp3) is 0.273. The number of ether oxygens (including phenoxy) is 1. The van der Waals surface area contributed by atoms with E-state index in [4.69, 9.17) is 4.74 Å². The van der Waals surface area contributed by atoms with Crippen LogP contribution in [0.4, 0.5) is 5.69 Å². The smallest absolute Gasteiger partial charge is 0.262 e. The quantitative estimate of drug-likeness (QED) is 0.647. The summed E-state index contributed by atoms with van der Waals surface area (Å²) in [4.78, 5) is 0.314.